The first kappa shape index (κ1) is 19.2. The second-order valence-electron chi connectivity index (χ2n) is 6.59. The van der Waals surface area contributed by atoms with Gasteiger partial charge in [0.05, 0.1) is 5.16 Å². The van der Waals surface area contributed by atoms with Crippen LogP contribution in [0.5, 0.6) is 0 Å². The molecule has 132 valence electrons. The Balaban J connectivity index is 2.50. The van der Waals surface area contributed by atoms with E-state index >= 15 is 0 Å². The summed E-state index contributed by atoms with van der Waals surface area (Å²) in [6.45, 7) is 4.48. The molecule has 0 radical (unpaired) electrons. The molecule has 0 aliphatic carbocycles. The molecule has 1 unspecified atom stereocenters. The topological polar surface area (TPSA) is 0 Å². The average molecular weight is 395 g/mol. The second kappa shape index (κ2) is 7.96. The SMILES string of the molecule is CCC(C)(C(=S)[S-])[P+](c1ccccc1)(c1ccccc1)c1ccccc1. The molecule has 0 spiro atoms. The standard InChI is InChI=1S/C23H23PS2/c1-3-23(2,22(25)26)24(19-13-7-4-8-14-19,20-15-9-5-10-16-20)21-17-11-6-12-18-21/h4-18H,3H2,1-2H3. The van der Waals surface area contributed by atoms with Gasteiger partial charge in [0.25, 0.3) is 0 Å². The number of thiocarbonyl (C=S) groups is 1. The smallest absolute Gasteiger partial charge is 0.120 e. The van der Waals surface area contributed by atoms with Gasteiger partial charge in [-0.2, -0.15) is 0 Å². The average Bonchev–Trinajstić information content (AvgIpc) is 2.70. The Hall–Kier alpha value is -1.60. The third kappa shape index (κ3) is 3.01. The maximum atomic E-state index is 5.72. The summed E-state index contributed by atoms with van der Waals surface area (Å²) >= 11 is 11.4. The van der Waals surface area contributed by atoms with E-state index < -0.39 is 7.26 Å². The quantitative estimate of drug-likeness (QED) is 0.327. The molecule has 26 heavy (non-hydrogen) atoms. The van der Waals surface area contributed by atoms with Crippen LogP contribution < -0.4 is 15.9 Å². The van der Waals surface area contributed by atoms with E-state index in [4.69, 9.17) is 24.8 Å². The summed E-state index contributed by atoms with van der Waals surface area (Å²) in [6.07, 6.45) is 0.905. The molecule has 1 atom stereocenters. The largest absolute Gasteiger partial charge is 0.429 e. The van der Waals surface area contributed by atoms with Gasteiger partial charge in [-0.1, -0.05) is 61.5 Å². The normalized spacial score (nSPS) is 13.8. The molecule has 3 aromatic rings. The van der Waals surface area contributed by atoms with Gasteiger partial charge in [0, 0.05) is 0 Å². The van der Waals surface area contributed by atoms with Crippen LogP contribution in [0.4, 0.5) is 0 Å². The first-order valence-electron chi connectivity index (χ1n) is 8.85. The molecule has 0 amide bonds. The highest BCUT2D eigenvalue weighted by Crippen LogP contribution is 2.67. The van der Waals surface area contributed by atoms with E-state index in [0.29, 0.717) is 4.20 Å². The lowest BCUT2D eigenvalue weighted by molar-refractivity contribution is 0.799. The molecule has 0 bridgehead atoms. The zero-order chi connectivity index (χ0) is 18.6. The van der Waals surface area contributed by atoms with Crippen LogP contribution in [-0.2, 0) is 12.6 Å². The zero-order valence-electron chi connectivity index (χ0n) is 15.1. The van der Waals surface area contributed by atoms with Crippen molar-refractivity contribution in [3.05, 3.63) is 91.0 Å². The highest BCUT2D eigenvalue weighted by atomic mass is 32.1. The number of benzene rings is 3. The maximum absolute atomic E-state index is 5.72. The van der Waals surface area contributed by atoms with Crippen LogP contribution in [0.15, 0.2) is 91.0 Å². The van der Waals surface area contributed by atoms with E-state index in [9.17, 15) is 0 Å². The minimum atomic E-state index is -2.08. The van der Waals surface area contributed by atoms with Gasteiger partial charge in [-0.15, -0.1) is 4.20 Å². The fraction of sp³-hybridized carbons (Fsp3) is 0.174. The molecule has 0 heterocycles. The summed E-state index contributed by atoms with van der Waals surface area (Å²) in [5, 5.41) is 3.71. The van der Waals surface area contributed by atoms with Gasteiger partial charge in [-0.3, -0.25) is 0 Å². The Kier molecular flexibility index (Phi) is 5.87. The lowest BCUT2D eigenvalue weighted by Gasteiger charge is -2.44. The Morgan fingerprint density at radius 2 is 1.08 bits per heavy atom. The zero-order valence-corrected chi connectivity index (χ0v) is 17.7. The van der Waals surface area contributed by atoms with Crippen LogP contribution in [0.2, 0.25) is 0 Å². The Bertz CT molecular complexity index is 766. The maximum Gasteiger partial charge on any atom is 0.120 e. The van der Waals surface area contributed by atoms with Crippen LogP contribution in [0, 0.1) is 0 Å². The van der Waals surface area contributed by atoms with Gasteiger partial charge in [0.1, 0.15) is 23.2 Å². The molecule has 0 nitrogen and oxygen atoms in total. The van der Waals surface area contributed by atoms with Crippen molar-refractivity contribution < 1.29 is 0 Å². The molecule has 0 aliphatic heterocycles. The lowest BCUT2D eigenvalue weighted by atomic mass is 10.1. The fourth-order valence-electron chi connectivity index (χ4n) is 3.78. The summed E-state index contributed by atoms with van der Waals surface area (Å²) in [7, 11) is -2.08. The predicted octanol–water partition coefficient (Wildman–Crippen LogP) is 5.02. The molecular weight excluding hydrogens is 371 g/mol. The van der Waals surface area contributed by atoms with Gasteiger partial charge in [0.2, 0.25) is 0 Å². The molecule has 0 saturated carbocycles. The van der Waals surface area contributed by atoms with Crippen LogP contribution in [0.3, 0.4) is 0 Å². The summed E-state index contributed by atoms with van der Waals surface area (Å²) in [5.74, 6) is 0. The number of hydrogen-bond donors (Lipinski definition) is 0. The second-order valence-corrected chi connectivity index (χ2v) is 11.5. The van der Waals surface area contributed by atoms with Crippen molar-refractivity contribution in [2.45, 2.75) is 25.4 Å². The van der Waals surface area contributed by atoms with Crippen molar-refractivity contribution in [1.29, 1.82) is 0 Å². The van der Waals surface area contributed by atoms with Gasteiger partial charge >= 0.3 is 0 Å². The predicted molar refractivity (Wildman–Crippen MR) is 124 cm³/mol. The third-order valence-corrected chi connectivity index (χ3v) is 11.7. The summed E-state index contributed by atoms with van der Waals surface area (Å²) in [4.78, 5) is 0. The minimum absolute atomic E-state index is 0.276. The van der Waals surface area contributed by atoms with E-state index in [1.165, 1.54) is 15.9 Å². The van der Waals surface area contributed by atoms with Crippen LogP contribution in [0.1, 0.15) is 20.3 Å². The molecule has 3 heteroatoms. The van der Waals surface area contributed by atoms with Crippen molar-refractivity contribution in [3.63, 3.8) is 0 Å². The molecular formula is C23H23PS2. The molecule has 3 aromatic carbocycles. The van der Waals surface area contributed by atoms with Gasteiger partial charge in [-0.05, 0) is 49.7 Å². The Morgan fingerprint density at radius 3 is 1.31 bits per heavy atom. The highest BCUT2D eigenvalue weighted by Gasteiger charge is 2.58. The van der Waals surface area contributed by atoms with Gasteiger partial charge in [-0.25, -0.2) is 0 Å². The monoisotopic (exact) mass is 394 g/mol. The van der Waals surface area contributed by atoms with E-state index in [1.807, 2.05) is 0 Å². The van der Waals surface area contributed by atoms with E-state index in [2.05, 4.69) is 105 Å². The van der Waals surface area contributed by atoms with Crippen molar-refractivity contribution in [2.24, 2.45) is 0 Å². The molecule has 0 aromatic heterocycles. The van der Waals surface area contributed by atoms with Crippen molar-refractivity contribution in [2.75, 3.05) is 0 Å². The van der Waals surface area contributed by atoms with Crippen molar-refractivity contribution in [1.82, 2.24) is 0 Å². The number of rotatable bonds is 6. The first-order chi connectivity index (χ1) is 12.6. The molecule has 3 rings (SSSR count). The Morgan fingerprint density at radius 1 is 0.769 bits per heavy atom. The Labute approximate surface area is 168 Å². The summed E-state index contributed by atoms with van der Waals surface area (Å²) in [6, 6.07) is 32.4. The highest BCUT2D eigenvalue weighted by molar-refractivity contribution is 8.06. The van der Waals surface area contributed by atoms with Crippen LogP contribution in [0.25, 0.3) is 0 Å². The van der Waals surface area contributed by atoms with Crippen LogP contribution >= 0.6 is 19.5 Å². The summed E-state index contributed by atoms with van der Waals surface area (Å²) < 4.78 is 0.671. The van der Waals surface area contributed by atoms with Crippen molar-refractivity contribution in [3.8, 4) is 0 Å². The summed E-state index contributed by atoms with van der Waals surface area (Å²) in [5.41, 5.74) is 0. The molecule has 0 N–H and O–H groups in total. The van der Waals surface area contributed by atoms with E-state index in [1.54, 1.807) is 0 Å². The third-order valence-electron chi connectivity index (χ3n) is 5.30. The van der Waals surface area contributed by atoms with Gasteiger partial charge in [0.15, 0.2) is 0 Å². The lowest BCUT2D eigenvalue weighted by Crippen LogP contribution is -2.49. The van der Waals surface area contributed by atoms with Crippen LogP contribution in [-0.4, -0.2) is 9.35 Å². The molecule has 0 saturated heterocycles. The molecule has 0 fully saturated rings. The van der Waals surface area contributed by atoms with Gasteiger partial charge < -0.3 is 24.8 Å². The van der Waals surface area contributed by atoms with E-state index in [-0.39, 0.29) is 5.16 Å². The first-order valence-corrected chi connectivity index (χ1v) is 11.5. The fourth-order valence-corrected chi connectivity index (χ4v) is 10.1. The minimum Gasteiger partial charge on any atom is -0.429 e. The number of hydrogen-bond acceptors (Lipinski definition) is 2. The van der Waals surface area contributed by atoms with E-state index in [0.717, 1.165) is 6.42 Å². The van der Waals surface area contributed by atoms with Crippen molar-refractivity contribution >= 4 is 52.2 Å². The molecule has 0 aliphatic rings.